The lowest BCUT2D eigenvalue weighted by atomic mass is 10.1. The summed E-state index contributed by atoms with van der Waals surface area (Å²) in [6, 6.07) is 1.03. The maximum atomic E-state index is 11.4. The summed E-state index contributed by atoms with van der Waals surface area (Å²) in [5.41, 5.74) is 0. The van der Waals surface area contributed by atoms with Crippen molar-refractivity contribution in [3.05, 3.63) is 0 Å². The first-order valence-corrected chi connectivity index (χ1v) is 6.46. The zero-order chi connectivity index (χ0) is 12.1. The molecule has 0 N–H and O–H groups in total. The van der Waals surface area contributed by atoms with E-state index in [4.69, 9.17) is 4.74 Å². The fourth-order valence-electron chi connectivity index (χ4n) is 2.10. The lowest BCUT2D eigenvalue weighted by molar-refractivity contribution is -0.144. The summed E-state index contributed by atoms with van der Waals surface area (Å²) in [6.45, 7) is 10.0. The van der Waals surface area contributed by atoms with Crippen molar-refractivity contribution in [1.29, 1.82) is 0 Å². The van der Waals surface area contributed by atoms with Crippen molar-refractivity contribution in [3.8, 4) is 0 Å². The van der Waals surface area contributed by atoms with Gasteiger partial charge in [-0.1, -0.05) is 13.8 Å². The summed E-state index contributed by atoms with van der Waals surface area (Å²) in [6.07, 6.45) is 3.11. The van der Waals surface area contributed by atoms with E-state index in [-0.39, 0.29) is 5.97 Å². The molecule has 0 bridgehead atoms. The molecule has 1 aliphatic carbocycles. The number of carbonyl (C=O) groups excluding carboxylic acids is 1. The van der Waals surface area contributed by atoms with Crippen molar-refractivity contribution >= 4 is 5.97 Å². The Morgan fingerprint density at radius 3 is 2.44 bits per heavy atom. The fraction of sp³-hybridized carbons (Fsp3) is 0.923. The Balaban J connectivity index is 2.40. The number of rotatable bonds is 7. The number of nitrogens with zero attached hydrogens (tertiary/aromatic N) is 1. The highest BCUT2D eigenvalue weighted by atomic mass is 16.5. The van der Waals surface area contributed by atoms with Crippen LogP contribution in [0.5, 0.6) is 0 Å². The molecule has 3 nitrogen and oxygen atoms in total. The molecule has 0 spiro atoms. The third-order valence-corrected chi connectivity index (χ3v) is 2.93. The topological polar surface area (TPSA) is 29.5 Å². The molecular formula is C13H25NO2. The molecule has 1 rings (SSSR count). The van der Waals surface area contributed by atoms with Gasteiger partial charge in [-0.3, -0.25) is 9.69 Å². The minimum atomic E-state index is -0.0654. The van der Waals surface area contributed by atoms with Crippen LogP contribution < -0.4 is 0 Å². The van der Waals surface area contributed by atoms with Gasteiger partial charge in [0.25, 0.3) is 0 Å². The molecular weight excluding hydrogens is 202 g/mol. The first-order valence-electron chi connectivity index (χ1n) is 6.46. The van der Waals surface area contributed by atoms with Crippen molar-refractivity contribution < 1.29 is 9.53 Å². The summed E-state index contributed by atoms with van der Waals surface area (Å²) in [7, 11) is 0. The average Bonchev–Trinajstić information content (AvgIpc) is 2.97. The van der Waals surface area contributed by atoms with E-state index in [0.717, 1.165) is 6.54 Å². The molecule has 0 aliphatic heterocycles. The molecule has 94 valence electrons. The van der Waals surface area contributed by atoms with Crippen molar-refractivity contribution in [1.82, 2.24) is 4.90 Å². The molecule has 0 aromatic carbocycles. The van der Waals surface area contributed by atoms with Gasteiger partial charge in [-0.15, -0.1) is 0 Å². The van der Waals surface area contributed by atoms with E-state index >= 15 is 0 Å². The van der Waals surface area contributed by atoms with Crippen LogP contribution in [0, 0.1) is 5.92 Å². The maximum Gasteiger partial charge on any atom is 0.307 e. The maximum absolute atomic E-state index is 11.4. The van der Waals surface area contributed by atoms with Gasteiger partial charge in [0.05, 0.1) is 13.0 Å². The Morgan fingerprint density at radius 2 is 2.00 bits per heavy atom. The molecule has 1 aliphatic rings. The lowest BCUT2D eigenvalue weighted by Crippen LogP contribution is -2.39. The van der Waals surface area contributed by atoms with Gasteiger partial charge in [0.1, 0.15) is 0 Å². The summed E-state index contributed by atoms with van der Waals surface area (Å²) in [4.78, 5) is 13.9. The summed E-state index contributed by atoms with van der Waals surface area (Å²) >= 11 is 0. The van der Waals surface area contributed by atoms with Crippen LogP contribution >= 0.6 is 0 Å². The molecule has 1 saturated carbocycles. The van der Waals surface area contributed by atoms with Crippen LogP contribution in [0.3, 0.4) is 0 Å². The number of hydrogen-bond acceptors (Lipinski definition) is 3. The highest BCUT2D eigenvalue weighted by Gasteiger charge is 2.33. The van der Waals surface area contributed by atoms with Crippen molar-refractivity contribution in [2.45, 2.75) is 59.0 Å². The second-order valence-electron chi connectivity index (χ2n) is 5.18. The van der Waals surface area contributed by atoms with Crippen LogP contribution in [0.25, 0.3) is 0 Å². The van der Waals surface area contributed by atoms with Gasteiger partial charge in [0.2, 0.25) is 0 Å². The van der Waals surface area contributed by atoms with E-state index in [0.29, 0.717) is 31.0 Å². The van der Waals surface area contributed by atoms with Crippen LogP contribution in [0.2, 0.25) is 0 Å². The Labute approximate surface area is 99.1 Å². The SMILES string of the molecule is CCOC(=O)CC(C)N(CC(C)C)C1CC1. The third kappa shape index (κ3) is 4.52. The highest BCUT2D eigenvalue weighted by Crippen LogP contribution is 2.30. The summed E-state index contributed by atoms with van der Waals surface area (Å²) in [5.74, 6) is 0.592. The second-order valence-corrected chi connectivity index (χ2v) is 5.18. The molecule has 0 amide bonds. The van der Waals surface area contributed by atoms with Gasteiger partial charge in [0.15, 0.2) is 0 Å². The van der Waals surface area contributed by atoms with Crippen molar-refractivity contribution in [2.75, 3.05) is 13.2 Å². The van der Waals surface area contributed by atoms with Crippen molar-refractivity contribution in [2.24, 2.45) is 5.92 Å². The van der Waals surface area contributed by atoms with E-state index in [1.54, 1.807) is 0 Å². The predicted octanol–water partition coefficient (Wildman–Crippen LogP) is 2.45. The molecule has 0 aromatic heterocycles. The molecule has 0 heterocycles. The van der Waals surface area contributed by atoms with Crippen molar-refractivity contribution in [3.63, 3.8) is 0 Å². The lowest BCUT2D eigenvalue weighted by Gasteiger charge is -2.30. The largest absolute Gasteiger partial charge is 0.466 e. The van der Waals surface area contributed by atoms with Crippen LogP contribution in [0.15, 0.2) is 0 Å². The van der Waals surface area contributed by atoms with Gasteiger partial charge >= 0.3 is 5.97 Å². The summed E-state index contributed by atoms with van der Waals surface area (Å²) < 4.78 is 5.00. The summed E-state index contributed by atoms with van der Waals surface area (Å²) in [5, 5.41) is 0. The monoisotopic (exact) mass is 227 g/mol. The second kappa shape index (κ2) is 6.24. The minimum Gasteiger partial charge on any atom is -0.466 e. The van der Waals surface area contributed by atoms with Gasteiger partial charge < -0.3 is 4.74 Å². The van der Waals surface area contributed by atoms with E-state index in [9.17, 15) is 4.79 Å². The fourth-order valence-corrected chi connectivity index (χ4v) is 2.10. The predicted molar refractivity (Wildman–Crippen MR) is 65.3 cm³/mol. The Kier molecular flexibility index (Phi) is 5.26. The van der Waals surface area contributed by atoms with Gasteiger partial charge in [0, 0.05) is 18.6 Å². The Hall–Kier alpha value is -0.570. The first-order chi connectivity index (χ1) is 7.54. The zero-order valence-electron chi connectivity index (χ0n) is 11.0. The average molecular weight is 227 g/mol. The molecule has 0 aromatic rings. The molecule has 3 heteroatoms. The molecule has 1 unspecified atom stereocenters. The van der Waals surface area contributed by atoms with E-state index in [1.807, 2.05) is 6.92 Å². The minimum absolute atomic E-state index is 0.0654. The molecule has 0 radical (unpaired) electrons. The zero-order valence-corrected chi connectivity index (χ0v) is 11.0. The van der Waals surface area contributed by atoms with Crippen LogP contribution in [0.4, 0.5) is 0 Å². The van der Waals surface area contributed by atoms with Gasteiger partial charge in [-0.25, -0.2) is 0 Å². The first kappa shape index (κ1) is 13.5. The van der Waals surface area contributed by atoms with Gasteiger partial charge in [-0.2, -0.15) is 0 Å². The normalized spacial score (nSPS) is 17.9. The van der Waals surface area contributed by atoms with Crippen LogP contribution in [-0.4, -0.2) is 36.1 Å². The standard InChI is InChI=1S/C13H25NO2/c1-5-16-13(15)8-11(4)14(9-10(2)3)12-6-7-12/h10-12H,5-9H2,1-4H3. The Bertz CT molecular complexity index is 224. The third-order valence-electron chi connectivity index (χ3n) is 2.93. The molecule has 1 fully saturated rings. The Morgan fingerprint density at radius 1 is 1.38 bits per heavy atom. The van der Waals surface area contributed by atoms with Gasteiger partial charge in [-0.05, 0) is 32.6 Å². The van der Waals surface area contributed by atoms with E-state index < -0.39 is 0 Å². The quantitative estimate of drug-likeness (QED) is 0.626. The number of hydrogen-bond donors (Lipinski definition) is 0. The highest BCUT2D eigenvalue weighted by molar-refractivity contribution is 5.70. The number of ether oxygens (including phenoxy) is 1. The van der Waals surface area contributed by atoms with Crippen LogP contribution in [-0.2, 0) is 9.53 Å². The molecule has 1 atom stereocenters. The number of esters is 1. The van der Waals surface area contributed by atoms with E-state index in [2.05, 4.69) is 25.7 Å². The number of carbonyl (C=O) groups is 1. The molecule has 0 saturated heterocycles. The molecule has 16 heavy (non-hydrogen) atoms. The van der Waals surface area contributed by atoms with E-state index in [1.165, 1.54) is 12.8 Å². The smallest absolute Gasteiger partial charge is 0.307 e. The van der Waals surface area contributed by atoms with Crippen LogP contribution in [0.1, 0.15) is 47.0 Å².